The van der Waals surface area contributed by atoms with Gasteiger partial charge in [-0.2, -0.15) is 0 Å². The Hall–Kier alpha value is -1.53. The van der Waals surface area contributed by atoms with Crippen LogP contribution in [-0.2, 0) is 0 Å². The van der Waals surface area contributed by atoms with Gasteiger partial charge >= 0.3 is 6.09 Å². The van der Waals surface area contributed by atoms with E-state index in [0.29, 0.717) is 5.02 Å². The van der Waals surface area contributed by atoms with Crippen molar-refractivity contribution in [2.24, 2.45) is 0 Å². The molecule has 17 heavy (non-hydrogen) atoms. The molecule has 0 bridgehead atoms. The minimum absolute atomic E-state index is 0.147. The summed E-state index contributed by atoms with van der Waals surface area (Å²) in [5.41, 5.74) is 0. The fourth-order valence-corrected chi connectivity index (χ4v) is 1.20. The molecule has 0 aliphatic carbocycles. The molecule has 0 aliphatic heterocycles. The van der Waals surface area contributed by atoms with Crippen LogP contribution in [0.25, 0.3) is 0 Å². The van der Waals surface area contributed by atoms with Crippen LogP contribution in [0.5, 0.6) is 11.5 Å². The van der Waals surface area contributed by atoms with Gasteiger partial charge in [-0.05, 0) is 24.4 Å². The van der Waals surface area contributed by atoms with Gasteiger partial charge < -0.3 is 20.1 Å². The van der Waals surface area contributed by atoms with E-state index in [-0.39, 0.29) is 16.7 Å². The second kappa shape index (κ2) is 6.27. The van der Waals surface area contributed by atoms with E-state index in [1.165, 1.54) is 19.2 Å². The molecule has 92 valence electrons. The van der Waals surface area contributed by atoms with Crippen molar-refractivity contribution in [3.63, 3.8) is 0 Å². The van der Waals surface area contributed by atoms with Gasteiger partial charge in [-0.15, -0.1) is 0 Å². The molecular weight excluding hydrogens is 264 g/mol. The molecule has 1 aromatic rings. The summed E-state index contributed by atoms with van der Waals surface area (Å²) in [4.78, 5) is 11.1. The molecule has 1 aromatic carbocycles. The summed E-state index contributed by atoms with van der Waals surface area (Å²) in [6.07, 6.45) is -0.604. The molecule has 1 amide bonds. The first kappa shape index (κ1) is 13.5. The summed E-state index contributed by atoms with van der Waals surface area (Å²) in [6.45, 7) is 0. The highest BCUT2D eigenvalue weighted by Gasteiger charge is 2.11. The zero-order valence-corrected chi connectivity index (χ0v) is 10.8. The van der Waals surface area contributed by atoms with Crippen molar-refractivity contribution in [3.8, 4) is 11.5 Å². The second-order valence-electron chi connectivity index (χ2n) is 2.87. The number of carbonyl (C=O) groups excluding carboxylic acids is 1. The van der Waals surface area contributed by atoms with Gasteiger partial charge in [0.05, 0.1) is 0 Å². The minimum atomic E-state index is -0.604. The van der Waals surface area contributed by atoms with Crippen molar-refractivity contribution in [3.05, 3.63) is 23.2 Å². The Balaban J connectivity index is 2.95. The highest BCUT2D eigenvalue weighted by Crippen LogP contribution is 2.30. The van der Waals surface area contributed by atoms with Gasteiger partial charge in [0.15, 0.2) is 11.5 Å². The molecule has 0 heterocycles. The van der Waals surface area contributed by atoms with Crippen molar-refractivity contribution in [2.45, 2.75) is 0 Å². The van der Waals surface area contributed by atoms with E-state index in [1.54, 1.807) is 13.1 Å². The van der Waals surface area contributed by atoms with E-state index in [4.69, 9.17) is 33.3 Å². The first-order valence-corrected chi connectivity index (χ1v) is 5.44. The minimum Gasteiger partial charge on any atom is -0.428 e. The average molecular weight is 275 g/mol. The summed E-state index contributed by atoms with van der Waals surface area (Å²) < 4.78 is 10.2. The van der Waals surface area contributed by atoms with Crippen LogP contribution < -0.4 is 20.1 Å². The van der Waals surface area contributed by atoms with Gasteiger partial charge in [0.2, 0.25) is 0 Å². The van der Waals surface area contributed by atoms with Gasteiger partial charge in [0, 0.05) is 25.2 Å². The van der Waals surface area contributed by atoms with E-state index in [2.05, 4.69) is 10.6 Å². The maximum Gasteiger partial charge on any atom is 0.412 e. The van der Waals surface area contributed by atoms with Gasteiger partial charge in [0.1, 0.15) is 0 Å². The third-order valence-corrected chi connectivity index (χ3v) is 2.24. The van der Waals surface area contributed by atoms with E-state index < -0.39 is 6.09 Å². The summed E-state index contributed by atoms with van der Waals surface area (Å²) >= 11 is 10.7. The Bertz CT molecular complexity index is 440. The van der Waals surface area contributed by atoms with Crippen LogP contribution in [0.4, 0.5) is 4.79 Å². The largest absolute Gasteiger partial charge is 0.428 e. The second-order valence-corrected chi connectivity index (χ2v) is 3.68. The maximum absolute atomic E-state index is 11.1. The molecule has 0 saturated carbocycles. The number of halogens is 1. The van der Waals surface area contributed by atoms with Crippen molar-refractivity contribution < 1.29 is 14.3 Å². The smallest absolute Gasteiger partial charge is 0.412 e. The monoisotopic (exact) mass is 274 g/mol. The summed E-state index contributed by atoms with van der Waals surface area (Å²) in [6, 6.07) is 4.60. The number of ether oxygens (including phenoxy) is 2. The standard InChI is InChI=1S/C10H11ClN2O3S/c1-12-9(14)15-7-4-3-6(11)5-8(7)16-10(17)13-2/h3-5H,1-2H3,(H,12,14)(H,13,17). The molecule has 0 spiro atoms. The number of benzene rings is 1. The van der Waals surface area contributed by atoms with Gasteiger partial charge in [-0.1, -0.05) is 11.6 Å². The molecule has 0 aromatic heterocycles. The van der Waals surface area contributed by atoms with Crippen molar-refractivity contribution >= 4 is 35.1 Å². The van der Waals surface area contributed by atoms with Gasteiger partial charge in [-0.25, -0.2) is 4.79 Å². The molecular formula is C10H11ClN2O3S. The van der Waals surface area contributed by atoms with Crippen LogP contribution in [0, 0.1) is 0 Å². The molecule has 0 aliphatic rings. The fourth-order valence-electron chi connectivity index (χ4n) is 0.948. The zero-order valence-electron chi connectivity index (χ0n) is 9.24. The van der Waals surface area contributed by atoms with Crippen LogP contribution in [0.15, 0.2) is 18.2 Å². The molecule has 0 radical (unpaired) electrons. The maximum atomic E-state index is 11.1. The first-order chi connectivity index (χ1) is 8.06. The highest BCUT2D eigenvalue weighted by molar-refractivity contribution is 7.80. The number of hydrogen-bond donors (Lipinski definition) is 2. The third-order valence-electron chi connectivity index (χ3n) is 1.72. The average Bonchev–Trinajstić information content (AvgIpc) is 2.32. The number of amides is 1. The van der Waals surface area contributed by atoms with Crippen LogP contribution >= 0.6 is 23.8 Å². The Kier molecular flexibility index (Phi) is 4.99. The topological polar surface area (TPSA) is 59.6 Å². The Morgan fingerprint density at radius 1 is 1.24 bits per heavy atom. The molecule has 0 unspecified atom stereocenters. The van der Waals surface area contributed by atoms with Crippen LogP contribution in [0.1, 0.15) is 0 Å². The lowest BCUT2D eigenvalue weighted by atomic mass is 10.3. The lowest BCUT2D eigenvalue weighted by molar-refractivity contribution is 0.201. The third kappa shape index (κ3) is 4.08. The molecule has 0 saturated heterocycles. The molecule has 7 heteroatoms. The van der Waals surface area contributed by atoms with E-state index in [9.17, 15) is 4.79 Å². The van der Waals surface area contributed by atoms with Crippen LogP contribution in [-0.4, -0.2) is 25.4 Å². The van der Waals surface area contributed by atoms with Gasteiger partial charge in [0.25, 0.3) is 5.17 Å². The summed E-state index contributed by atoms with van der Waals surface area (Å²) in [5, 5.41) is 5.56. The molecule has 2 N–H and O–H groups in total. The number of carbonyl (C=O) groups is 1. The predicted octanol–water partition coefficient (Wildman–Crippen LogP) is 1.94. The lowest BCUT2D eigenvalue weighted by Gasteiger charge is -2.11. The Morgan fingerprint density at radius 2 is 1.94 bits per heavy atom. The van der Waals surface area contributed by atoms with Crippen molar-refractivity contribution in [1.29, 1.82) is 0 Å². The molecule has 5 nitrogen and oxygen atoms in total. The van der Waals surface area contributed by atoms with Crippen molar-refractivity contribution in [1.82, 2.24) is 10.6 Å². The summed E-state index contributed by atoms with van der Waals surface area (Å²) in [5.74, 6) is 0.492. The SMILES string of the molecule is CNC(=O)Oc1ccc(Cl)cc1OC(=S)NC. The van der Waals surface area contributed by atoms with Gasteiger partial charge in [-0.3, -0.25) is 0 Å². The Morgan fingerprint density at radius 3 is 2.53 bits per heavy atom. The fraction of sp³-hybridized carbons (Fsp3) is 0.200. The number of hydrogen-bond acceptors (Lipinski definition) is 4. The quantitative estimate of drug-likeness (QED) is 0.807. The van der Waals surface area contributed by atoms with Crippen LogP contribution in [0.3, 0.4) is 0 Å². The Labute approximate surface area is 109 Å². The number of nitrogens with one attached hydrogen (secondary N) is 2. The lowest BCUT2D eigenvalue weighted by Crippen LogP contribution is -2.24. The molecule has 1 rings (SSSR count). The highest BCUT2D eigenvalue weighted by atomic mass is 35.5. The number of thiocarbonyl (C=S) groups is 1. The van der Waals surface area contributed by atoms with E-state index in [0.717, 1.165) is 0 Å². The normalized spacial score (nSPS) is 9.35. The number of rotatable bonds is 2. The summed E-state index contributed by atoms with van der Waals surface area (Å²) in [7, 11) is 3.07. The van der Waals surface area contributed by atoms with E-state index in [1.807, 2.05) is 0 Å². The predicted molar refractivity (Wildman–Crippen MR) is 68.8 cm³/mol. The first-order valence-electron chi connectivity index (χ1n) is 4.65. The zero-order chi connectivity index (χ0) is 12.8. The molecule has 0 fully saturated rings. The molecule has 0 atom stereocenters. The van der Waals surface area contributed by atoms with E-state index >= 15 is 0 Å². The van der Waals surface area contributed by atoms with Crippen LogP contribution in [0.2, 0.25) is 5.02 Å². The van der Waals surface area contributed by atoms with Crippen molar-refractivity contribution in [2.75, 3.05) is 14.1 Å².